The fourth-order valence-electron chi connectivity index (χ4n) is 1.26. The fourth-order valence-corrected chi connectivity index (χ4v) is 1.26. The molecule has 0 saturated carbocycles. The maximum absolute atomic E-state index is 5.53. The molecule has 1 atom stereocenters. The van der Waals surface area contributed by atoms with E-state index in [1.54, 1.807) is 7.11 Å². The van der Waals surface area contributed by atoms with Gasteiger partial charge in [0.2, 0.25) is 0 Å². The molecule has 76 valence electrons. The minimum atomic E-state index is 0.114. The summed E-state index contributed by atoms with van der Waals surface area (Å²) in [5.41, 5.74) is 6.73. The lowest BCUT2D eigenvalue weighted by molar-refractivity contribution is 0.414. The molecule has 0 aliphatic rings. The maximum atomic E-state index is 5.53. The second-order valence-corrected chi connectivity index (χ2v) is 3.12. The lowest BCUT2D eigenvalue weighted by Crippen LogP contribution is -2.20. The van der Waals surface area contributed by atoms with Crippen LogP contribution in [0.1, 0.15) is 5.56 Å². The van der Waals surface area contributed by atoms with E-state index in [0.29, 0.717) is 6.54 Å². The van der Waals surface area contributed by atoms with E-state index in [1.165, 1.54) is 5.56 Å². The summed E-state index contributed by atoms with van der Waals surface area (Å²) in [5.74, 6) is 0.865. The molecule has 2 N–H and O–H groups in total. The molecule has 1 aromatic rings. The van der Waals surface area contributed by atoms with E-state index in [9.17, 15) is 0 Å². The molecule has 1 unspecified atom stereocenters. The van der Waals surface area contributed by atoms with E-state index < -0.39 is 0 Å². The van der Waals surface area contributed by atoms with Crippen molar-refractivity contribution in [2.75, 3.05) is 13.7 Å². The molecule has 0 bridgehead atoms. The molecular formula is C11H16N2O. The SMILES string of the molecule is C=NC(CN)Cc1ccc(OC)cc1. The van der Waals surface area contributed by atoms with Crippen LogP contribution in [0.15, 0.2) is 29.3 Å². The fraction of sp³-hybridized carbons (Fsp3) is 0.364. The molecule has 0 spiro atoms. The van der Waals surface area contributed by atoms with Gasteiger partial charge in [0.25, 0.3) is 0 Å². The van der Waals surface area contributed by atoms with Crippen molar-refractivity contribution < 1.29 is 4.74 Å². The normalized spacial score (nSPS) is 12.1. The summed E-state index contributed by atoms with van der Waals surface area (Å²) in [4.78, 5) is 3.94. The van der Waals surface area contributed by atoms with Gasteiger partial charge in [-0.2, -0.15) is 0 Å². The maximum Gasteiger partial charge on any atom is 0.118 e. The summed E-state index contributed by atoms with van der Waals surface area (Å²) in [6.07, 6.45) is 0.837. The number of nitrogens with two attached hydrogens (primary N) is 1. The van der Waals surface area contributed by atoms with Gasteiger partial charge in [0.05, 0.1) is 13.2 Å². The monoisotopic (exact) mass is 192 g/mol. The van der Waals surface area contributed by atoms with E-state index in [1.807, 2.05) is 24.3 Å². The van der Waals surface area contributed by atoms with Crippen molar-refractivity contribution in [3.05, 3.63) is 29.8 Å². The molecule has 0 fully saturated rings. The predicted molar refractivity (Wildman–Crippen MR) is 59.1 cm³/mol. The number of rotatable bonds is 5. The highest BCUT2D eigenvalue weighted by Crippen LogP contribution is 2.13. The topological polar surface area (TPSA) is 47.6 Å². The summed E-state index contributed by atoms with van der Waals surface area (Å²) in [6.45, 7) is 4.04. The van der Waals surface area contributed by atoms with E-state index in [0.717, 1.165) is 12.2 Å². The second kappa shape index (κ2) is 5.40. The van der Waals surface area contributed by atoms with Gasteiger partial charge < -0.3 is 10.5 Å². The Labute approximate surface area is 84.6 Å². The van der Waals surface area contributed by atoms with E-state index in [2.05, 4.69) is 11.7 Å². The molecule has 0 aliphatic carbocycles. The highest BCUT2D eigenvalue weighted by atomic mass is 16.5. The minimum absolute atomic E-state index is 0.114. The first-order chi connectivity index (χ1) is 6.80. The molecule has 0 saturated heterocycles. The van der Waals surface area contributed by atoms with Crippen molar-refractivity contribution >= 4 is 6.72 Å². The predicted octanol–water partition coefficient (Wildman–Crippen LogP) is 1.27. The number of methoxy groups -OCH3 is 1. The summed E-state index contributed by atoms with van der Waals surface area (Å²) >= 11 is 0. The third-order valence-electron chi connectivity index (χ3n) is 2.16. The van der Waals surface area contributed by atoms with Crippen molar-refractivity contribution in [1.29, 1.82) is 0 Å². The first kappa shape index (κ1) is 10.7. The third kappa shape index (κ3) is 2.85. The van der Waals surface area contributed by atoms with Crippen molar-refractivity contribution in [2.24, 2.45) is 10.7 Å². The number of hydrogen-bond acceptors (Lipinski definition) is 3. The Morgan fingerprint density at radius 2 is 2.07 bits per heavy atom. The van der Waals surface area contributed by atoms with Crippen LogP contribution in [-0.2, 0) is 6.42 Å². The van der Waals surface area contributed by atoms with Gasteiger partial charge in [-0.1, -0.05) is 12.1 Å². The zero-order valence-electron chi connectivity index (χ0n) is 8.44. The molecule has 3 heteroatoms. The van der Waals surface area contributed by atoms with Crippen LogP contribution in [0.25, 0.3) is 0 Å². The average Bonchev–Trinajstić information content (AvgIpc) is 2.26. The number of nitrogens with zero attached hydrogens (tertiary/aromatic N) is 1. The smallest absolute Gasteiger partial charge is 0.118 e. The van der Waals surface area contributed by atoms with E-state index in [-0.39, 0.29) is 6.04 Å². The zero-order valence-corrected chi connectivity index (χ0v) is 8.44. The number of hydrogen-bond donors (Lipinski definition) is 1. The Hall–Kier alpha value is -1.35. The Morgan fingerprint density at radius 3 is 2.50 bits per heavy atom. The Morgan fingerprint density at radius 1 is 1.43 bits per heavy atom. The first-order valence-corrected chi connectivity index (χ1v) is 4.59. The molecule has 1 rings (SSSR count). The summed E-state index contributed by atoms with van der Waals surface area (Å²) < 4.78 is 5.07. The van der Waals surface area contributed by atoms with Crippen LogP contribution in [-0.4, -0.2) is 26.4 Å². The van der Waals surface area contributed by atoms with Crippen LogP contribution >= 0.6 is 0 Å². The highest BCUT2D eigenvalue weighted by Gasteiger charge is 2.03. The Balaban J connectivity index is 2.63. The first-order valence-electron chi connectivity index (χ1n) is 4.59. The van der Waals surface area contributed by atoms with Gasteiger partial charge in [0.15, 0.2) is 0 Å². The second-order valence-electron chi connectivity index (χ2n) is 3.12. The lowest BCUT2D eigenvalue weighted by atomic mass is 10.1. The van der Waals surface area contributed by atoms with Crippen molar-refractivity contribution in [3.8, 4) is 5.75 Å². The molecule has 0 amide bonds. The van der Waals surface area contributed by atoms with E-state index >= 15 is 0 Å². The van der Waals surface area contributed by atoms with Crippen LogP contribution in [0.4, 0.5) is 0 Å². The Kier molecular flexibility index (Phi) is 4.13. The van der Waals surface area contributed by atoms with Crippen molar-refractivity contribution in [2.45, 2.75) is 12.5 Å². The standard InChI is InChI=1S/C11H16N2O/c1-13-10(8-12)7-9-3-5-11(14-2)6-4-9/h3-6,10H,1,7-8,12H2,2H3. The lowest BCUT2D eigenvalue weighted by Gasteiger charge is -2.09. The van der Waals surface area contributed by atoms with Gasteiger partial charge >= 0.3 is 0 Å². The quantitative estimate of drug-likeness (QED) is 0.714. The molecule has 1 aromatic carbocycles. The van der Waals surface area contributed by atoms with Gasteiger partial charge in [-0.3, -0.25) is 4.99 Å². The molecule has 0 radical (unpaired) electrons. The van der Waals surface area contributed by atoms with E-state index in [4.69, 9.17) is 10.5 Å². The van der Waals surface area contributed by atoms with Crippen molar-refractivity contribution in [3.63, 3.8) is 0 Å². The summed E-state index contributed by atoms with van der Waals surface area (Å²) in [7, 11) is 1.66. The van der Waals surface area contributed by atoms with Crippen molar-refractivity contribution in [1.82, 2.24) is 0 Å². The molecule has 14 heavy (non-hydrogen) atoms. The largest absolute Gasteiger partial charge is 0.497 e. The third-order valence-corrected chi connectivity index (χ3v) is 2.16. The molecule has 0 heterocycles. The number of benzene rings is 1. The minimum Gasteiger partial charge on any atom is -0.497 e. The van der Waals surface area contributed by atoms with Crippen LogP contribution < -0.4 is 10.5 Å². The van der Waals surface area contributed by atoms with Gasteiger partial charge in [-0.15, -0.1) is 0 Å². The molecule has 0 aliphatic heterocycles. The zero-order chi connectivity index (χ0) is 10.4. The number of ether oxygens (including phenoxy) is 1. The van der Waals surface area contributed by atoms with Gasteiger partial charge in [0, 0.05) is 6.54 Å². The van der Waals surface area contributed by atoms with Crippen LogP contribution in [0.2, 0.25) is 0 Å². The molecular weight excluding hydrogens is 176 g/mol. The summed E-state index contributed by atoms with van der Waals surface area (Å²) in [6, 6.07) is 8.03. The average molecular weight is 192 g/mol. The van der Waals surface area contributed by atoms with Crippen LogP contribution in [0, 0.1) is 0 Å². The van der Waals surface area contributed by atoms with Gasteiger partial charge in [0.1, 0.15) is 5.75 Å². The van der Waals surface area contributed by atoms with Gasteiger partial charge in [-0.25, -0.2) is 0 Å². The summed E-state index contributed by atoms with van der Waals surface area (Å²) in [5, 5.41) is 0. The Bertz CT molecular complexity index is 282. The molecule has 3 nitrogen and oxygen atoms in total. The van der Waals surface area contributed by atoms with Crippen LogP contribution in [0.5, 0.6) is 5.75 Å². The van der Waals surface area contributed by atoms with Gasteiger partial charge in [-0.05, 0) is 30.8 Å². The number of aliphatic imine (C=N–C) groups is 1. The van der Waals surface area contributed by atoms with Crippen LogP contribution in [0.3, 0.4) is 0 Å². The molecule has 0 aromatic heterocycles. The highest BCUT2D eigenvalue weighted by molar-refractivity contribution is 5.29.